The van der Waals surface area contributed by atoms with Crippen LogP contribution in [-0.2, 0) is 20.9 Å². The number of hydrogen-bond donors (Lipinski definition) is 0. The van der Waals surface area contributed by atoms with E-state index < -0.39 is 0 Å². The SMILES string of the molecule is COC(=O)[C@@H]1C[C@@H]2CN(Cc3ccccc3)O[C@@H]2C1. The van der Waals surface area contributed by atoms with Crippen molar-refractivity contribution in [3.8, 4) is 0 Å². The number of benzene rings is 1. The van der Waals surface area contributed by atoms with Crippen molar-refractivity contribution < 1.29 is 14.4 Å². The Kier molecular flexibility index (Phi) is 3.53. The fourth-order valence-corrected chi connectivity index (χ4v) is 3.15. The lowest BCUT2D eigenvalue weighted by Gasteiger charge is -2.17. The van der Waals surface area contributed by atoms with Crippen LogP contribution in [0, 0.1) is 11.8 Å². The molecule has 3 atom stereocenters. The summed E-state index contributed by atoms with van der Waals surface area (Å²) in [5, 5.41) is 2.03. The lowest BCUT2D eigenvalue weighted by atomic mass is 10.0. The van der Waals surface area contributed by atoms with Crippen molar-refractivity contribution in [2.75, 3.05) is 13.7 Å². The smallest absolute Gasteiger partial charge is 0.308 e. The molecule has 0 spiro atoms. The molecule has 1 heterocycles. The topological polar surface area (TPSA) is 38.8 Å². The summed E-state index contributed by atoms with van der Waals surface area (Å²) in [7, 11) is 1.46. The number of fused-ring (bicyclic) bond motifs is 1. The lowest BCUT2D eigenvalue weighted by Crippen LogP contribution is -2.22. The summed E-state index contributed by atoms with van der Waals surface area (Å²) in [5.74, 6) is 0.402. The van der Waals surface area contributed by atoms with E-state index in [1.165, 1.54) is 12.7 Å². The quantitative estimate of drug-likeness (QED) is 0.780. The Hall–Kier alpha value is -1.39. The largest absolute Gasteiger partial charge is 0.469 e. The summed E-state index contributed by atoms with van der Waals surface area (Å²) in [6, 6.07) is 10.3. The molecule has 1 aliphatic carbocycles. The minimum absolute atomic E-state index is 0.0267. The van der Waals surface area contributed by atoms with Gasteiger partial charge in [-0.1, -0.05) is 30.3 Å². The standard InChI is InChI=1S/C15H19NO3/c1-18-15(17)12-7-13-10-16(19-14(13)8-12)9-11-5-3-2-4-6-11/h2-6,12-14H,7-10H2,1H3/t12-,13-,14-/m1/s1. The van der Waals surface area contributed by atoms with Gasteiger partial charge in [0.1, 0.15) is 0 Å². The van der Waals surface area contributed by atoms with Crippen molar-refractivity contribution in [2.24, 2.45) is 11.8 Å². The van der Waals surface area contributed by atoms with Crippen LogP contribution in [-0.4, -0.2) is 30.8 Å². The van der Waals surface area contributed by atoms with Crippen molar-refractivity contribution in [1.29, 1.82) is 0 Å². The number of rotatable bonds is 3. The zero-order valence-corrected chi connectivity index (χ0v) is 11.1. The molecule has 1 aromatic rings. The Labute approximate surface area is 113 Å². The van der Waals surface area contributed by atoms with E-state index in [9.17, 15) is 4.79 Å². The molecular formula is C15H19NO3. The Morgan fingerprint density at radius 3 is 2.84 bits per heavy atom. The molecule has 2 fully saturated rings. The zero-order chi connectivity index (χ0) is 13.2. The number of ether oxygens (including phenoxy) is 1. The summed E-state index contributed by atoms with van der Waals surface area (Å²) in [4.78, 5) is 17.5. The first-order chi connectivity index (χ1) is 9.26. The molecule has 1 saturated heterocycles. The Morgan fingerprint density at radius 2 is 2.16 bits per heavy atom. The van der Waals surface area contributed by atoms with Gasteiger partial charge in [-0.25, -0.2) is 0 Å². The molecular weight excluding hydrogens is 242 g/mol. The minimum Gasteiger partial charge on any atom is -0.469 e. The van der Waals surface area contributed by atoms with Gasteiger partial charge in [-0.2, -0.15) is 5.06 Å². The fourth-order valence-electron chi connectivity index (χ4n) is 3.15. The van der Waals surface area contributed by atoms with Crippen molar-refractivity contribution in [3.05, 3.63) is 35.9 Å². The lowest BCUT2D eigenvalue weighted by molar-refractivity contribution is -0.160. The van der Waals surface area contributed by atoms with Crippen molar-refractivity contribution >= 4 is 5.97 Å². The van der Waals surface area contributed by atoms with Crippen LogP contribution in [0.15, 0.2) is 30.3 Å². The Balaban J connectivity index is 1.55. The third-order valence-corrected chi connectivity index (χ3v) is 4.09. The first-order valence-electron chi connectivity index (χ1n) is 6.79. The second kappa shape index (κ2) is 5.31. The number of carbonyl (C=O) groups excluding carboxylic acids is 1. The van der Waals surface area contributed by atoms with Crippen LogP contribution in [0.3, 0.4) is 0 Å². The average Bonchev–Trinajstić information content (AvgIpc) is 2.97. The summed E-state index contributed by atoms with van der Waals surface area (Å²) in [5.41, 5.74) is 1.26. The number of methoxy groups -OCH3 is 1. The van der Waals surface area contributed by atoms with Gasteiger partial charge in [0.05, 0.1) is 19.1 Å². The van der Waals surface area contributed by atoms with Crippen LogP contribution in [0.25, 0.3) is 0 Å². The Morgan fingerprint density at radius 1 is 1.37 bits per heavy atom. The van der Waals surface area contributed by atoms with E-state index in [4.69, 9.17) is 9.57 Å². The van der Waals surface area contributed by atoms with Crippen LogP contribution >= 0.6 is 0 Å². The maximum absolute atomic E-state index is 11.5. The van der Waals surface area contributed by atoms with Gasteiger partial charge in [0.15, 0.2) is 0 Å². The first-order valence-corrected chi connectivity index (χ1v) is 6.79. The van der Waals surface area contributed by atoms with E-state index in [1.54, 1.807) is 0 Å². The zero-order valence-electron chi connectivity index (χ0n) is 11.1. The molecule has 1 aliphatic heterocycles. The summed E-state index contributed by atoms with van der Waals surface area (Å²) in [6.45, 7) is 1.73. The van der Waals surface area contributed by atoms with Crippen LogP contribution in [0.5, 0.6) is 0 Å². The highest BCUT2D eigenvalue weighted by Gasteiger charge is 2.45. The predicted octanol–water partition coefficient (Wildman–Crippen LogP) is 2.00. The molecule has 4 nitrogen and oxygen atoms in total. The molecule has 3 rings (SSSR count). The maximum atomic E-state index is 11.5. The van der Waals surface area contributed by atoms with Gasteiger partial charge in [0.2, 0.25) is 0 Å². The molecule has 0 bridgehead atoms. The third-order valence-electron chi connectivity index (χ3n) is 4.09. The highest BCUT2D eigenvalue weighted by Crippen LogP contribution is 2.39. The molecule has 1 aromatic carbocycles. The van der Waals surface area contributed by atoms with Crippen molar-refractivity contribution in [3.63, 3.8) is 0 Å². The molecule has 0 N–H and O–H groups in total. The normalized spacial score (nSPS) is 30.3. The van der Waals surface area contributed by atoms with Gasteiger partial charge in [0.25, 0.3) is 0 Å². The number of esters is 1. The average molecular weight is 261 g/mol. The number of hydroxylamine groups is 2. The minimum atomic E-state index is -0.0902. The van der Waals surface area contributed by atoms with Crippen LogP contribution in [0.4, 0.5) is 0 Å². The monoisotopic (exact) mass is 261 g/mol. The van der Waals surface area contributed by atoms with Crippen molar-refractivity contribution in [1.82, 2.24) is 5.06 Å². The first kappa shape index (κ1) is 12.6. The van der Waals surface area contributed by atoms with Gasteiger partial charge >= 0.3 is 5.97 Å². The van der Waals surface area contributed by atoms with E-state index in [-0.39, 0.29) is 18.0 Å². The van der Waals surface area contributed by atoms with E-state index in [2.05, 4.69) is 12.1 Å². The highest BCUT2D eigenvalue weighted by atomic mass is 16.7. The highest BCUT2D eigenvalue weighted by molar-refractivity contribution is 5.72. The van der Waals surface area contributed by atoms with Gasteiger partial charge in [-0.05, 0) is 18.4 Å². The molecule has 0 unspecified atom stereocenters. The predicted molar refractivity (Wildman–Crippen MR) is 70.0 cm³/mol. The number of carbonyl (C=O) groups is 1. The Bertz CT molecular complexity index is 434. The van der Waals surface area contributed by atoms with E-state index >= 15 is 0 Å². The van der Waals surface area contributed by atoms with E-state index in [0.717, 1.165) is 25.9 Å². The van der Waals surface area contributed by atoms with Crippen LogP contribution in [0.2, 0.25) is 0 Å². The second-order valence-electron chi connectivity index (χ2n) is 5.40. The van der Waals surface area contributed by atoms with Gasteiger partial charge < -0.3 is 4.74 Å². The number of hydrogen-bond acceptors (Lipinski definition) is 4. The van der Waals surface area contributed by atoms with E-state index in [0.29, 0.717) is 5.92 Å². The van der Waals surface area contributed by atoms with Gasteiger partial charge in [-0.15, -0.1) is 0 Å². The molecule has 0 radical (unpaired) electrons. The molecule has 102 valence electrons. The van der Waals surface area contributed by atoms with Gasteiger partial charge in [-0.3, -0.25) is 9.63 Å². The fraction of sp³-hybridized carbons (Fsp3) is 0.533. The maximum Gasteiger partial charge on any atom is 0.308 e. The summed E-state index contributed by atoms with van der Waals surface area (Å²) < 4.78 is 4.81. The van der Waals surface area contributed by atoms with Gasteiger partial charge in [0, 0.05) is 19.0 Å². The van der Waals surface area contributed by atoms with Crippen LogP contribution in [0.1, 0.15) is 18.4 Å². The van der Waals surface area contributed by atoms with E-state index in [1.807, 2.05) is 23.3 Å². The second-order valence-corrected chi connectivity index (χ2v) is 5.40. The molecule has 0 amide bonds. The van der Waals surface area contributed by atoms with Crippen molar-refractivity contribution in [2.45, 2.75) is 25.5 Å². The molecule has 4 heteroatoms. The van der Waals surface area contributed by atoms with Crippen LogP contribution < -0.4 is 0 Å². The third kappa shape index (κ3) is 2.65. The molecule has 0 aromatic heterocycles. The molecule has 2 aliphatic rings. The summed E-state index contributed by atoms with van der Waals surface area (Å²) >= 11 is 0. The molecule has 1 saturated carbocycles. The summed E-state index contributed by atoms with van der Waals surface area (Å²) in [6.07, 6.45) is 1.87. The number of nitrogens with zero attached hydrogens (tertiary/aromatic N) is 1. The molecule has 19 heavy (non-hydrogen) atoms.